The fraction of sp³-hybridized carbons (Fsp3) is 0.600. The van der Waals surface area contributed by atoms with Crippen LogP contribution in [0, 0.1) is 4.64 Å². The lowest BCUT2D eigenvalue weighted by atomic mass is 10.2. The molecule has 0 spiro atoms. The van der Waals surface area contributed by atoms with Crippen LogP contribution in [0.3, 0.4) is 0 Å². The highest BCUT2D eigenvalue weighted by Gasteiger charge is 2.14. The Bertz CT molecular complexity index is 386. The van der Waals surface area contributed by atoms with Gasteiger partial charge in [0, 0.05) is 24.8 Å². The van der Waals surface area contributed by atoms with Crippen LogP contribution >= 0.6 is 12.2 Å². The first-order chi connectivity index (χ1) is 6.81. The molecule has 1 aliphatic carbocycles. The van der Waals surface area contributed by atoms with Gasteiger partial charge in [-0.05, 0) is 19.3 Å². The Hall–Kier alpha value is -0.740. The number of H-pyrrole nitrogens is 1. The molecule has 1 heterocycles. The molecule has 0 aliphatic heterocycles. The standard InChI is InChI=1S/C10H14N2OS/c1-13-6-5-9-11-8-4-2-3-7(8)10(14)12-9/h2-6H2,1H3,(H,11,12,14). The first kappa shape index (κ1) is 9.80. The van der Waals surface area contributed by atoms with Crippen LogP contribution in [-0.4, -0.2) is 23.7 Å². The lowest BCUT2D eigenvalue weighted by Gasteiger charge is -2.04. The van der Waals surface area contributed by atoms with E-state index in [4.69, 9.17) is 17.0 Å². The third-order valence-corrected chi connectivity index (χ3v) is 2.89. The number of ether oxygens (including phenoxy) is 1. The molecule has 2 rings (SSSR count). The van der Waals surface area contributed by atoms with Gasteiger partial charge in [0.05, 0.1) is 6.61 Å². The van der Waals surface area contributed by atoms with E-state index in [2.05, 4.69) is 9.97 Å². The van der Waals surface area contributed by atoms with Gasteiger partial charge in [-0.1, -0.05) is 12.2 Å². The largest absolute Gasteiger partial charge is 0.384 e. The molecule has 0 atom stereocenters. The van der Waals surface area contributed by atoms with Crippen molar-refractivity contribution >= 4 is 12.2 Å². The van der Waals surface area contributed by atoms with E-state index in [1.807, 2.05) is 0 Å². The van der Waals surface area contributed by atoms with Gasteiger partial charge in [0.25, 0.3) is 0 Å². The van der Waals surface area contributed by atoms with E-state index >= 15 is 0 Å². The average Bonchev–Trinajstić information content (AvgIpc) is 2.63. The number of fused-ring (bicyclic) bond motifs is 1. The lowest BCUT2D eigenvalue weighted by molar-refractivity contribution is 0.200. The van der Waals surface area contributed by atoms with Crippen LogP contribution in [0.4, 0.5) is 0 Å². The predicted octanol–water partition coefficient (Wildman–Crippen LogP) is 1.82. The Morgan fingerprint density at radius 2 is 2.36 bits per heavy atom. The van der Waals surface area contributed by atoms with Crippen molar-refractivity contribution in [1.29, 1.82) is 0 Å². The Morgan fingerprint density at radius 3 is 3.14 bits per heavy atom. The molecule has 0 fully saturated rings. The molecule has 3 nitrogen and oxygen atoms in total. The summed E-state index contributed by atoms with van der Waals surface area (Å²) in [6, 6.07) is 0. The van der Waals surface area contributed by atoms with Crippen molar-refractivity contribution in [2.75, 3.05) is 13.7 Å². The molecule has 1 N–H and O–H groups in total. The van der Waals surface area contributed by atoms with Gasteiger partial charge in [-0.15, -0.1) is 0 Å². The summed E-state index contributed by atoms with van der Waals surface area (Å²) < 4.78 is 5.79. The van der Waals surface area contributed by atoms with Crippen molar-refractivity contribution in [3.63, 3.8) is 0 Å². The van der Waals surface area contributed by atoms with Gasteiger partial charge in [0.2, 0.25) is 0 Å². The van der Waals surface area contributed by atoms with E-state index in [0.29, 0.717) is 6.61 Å². The maximum atomic E-state index is 5.24. The van der Waals surface area contributed by atoms with Gasteiger partial charge in [-0.3, -0.25) is 0 Å². The zero-order valence-corrected chi connectivity index (χ0v) is 9.12. The second-order valence-electron chi connectivity index (χ2n) is 3.54. The quantitative estimate of drug-likeness (QED) is 0.773. The summed E-state index contributed by atoms with van der Waals surface area (Å²) in [6.07, 6.45) is 4.21. The smallest absolute Gasteiger partial charge is 0.133 e. The van der Waals surface area contributed by atoms with Crippen LogP contribution in [0.5, 0.6) is 0 Å². The highest BCUT2D eigenvalue weighted by Crippen LogP contribution is 2.20. The molecule has 0 radical (unpaired) electrons. The summed E-state index contributed by atoms with van der Waals surface area (Å²) in [5, 5.41) is 0. The van der Waals surface area contributed by atoms with E-state index in [-0.39, 0.29) is 0 Å². The van der Waals surface area contributed by atoms with Crippen LogP contribution in [-0.2, 0) is 24.0 Å². The number of nitrogens with zero attached hydrogens (tertiary/aromatic N) is 1. The minimum absolute atomic E-state index is 0.692. The molecule has 0 aromatic carbocycles. The molecule has 0 saturated heterocycles. The van der Waals surface area contributed by atoms with E-state index < -0.39 is 0 Å². The first-order valence-corrected chi connectivity index (χ1v) is 5.32. The van der Waals surface area contributed by atoms with E-state index in [1.54, 1.807) is 7.11 Å². The zero-order chi connectivity index (χ0) is 9.97. The van der Waals surface area contributed by atoms with Crippen LogP contribution in [0.15, 0.2) is 0 Å². The number of rotatable bonds is 3. The van der Waals surface area contributed by atoms with Crippen LogP contribution in [0.2, 0.25) is 0 Å². The number of aryl methyl sites for hydroxylation is 1. The molecule has 1 aliphatic rings. The topological polar surface area (TPSA) is 37.9 Å². The molecule has 14 heavy (non-hydrogen) atoms. The molecule has 1 aromatic heterocycles. The predicted molar refractivity (Wildman–Crippen MR) is 57.0 cm³/mol. The molecular weight excluding hydrogens is 196 g/mol. The van der Waals surface area contributed by atoms with Gasteiger partial charge < -0.3 is 9.72 Å². The van der Waals surface area contributed by atoms with Crippen LogP contribution < -0.4 is 0 Å². The van der Waals surface area contributed by atoms with E-state index in [0.717, 1.165) is 29.7 Å². The summed E-state index contributed by atoms with van der Waals surface area (Å²) in [7, 11) is 1.70. The van der Waals surface area contributed by atoms with Gasteiger partial charge >= 0.3 is 0 Å². The Morgan fingerprint density at radius 1 is 1.50 bits per heavy atom. The average molecular weight is 210 g/mol. The molecular formula is C10H14N2OS. The van der Waals surface area contributed by atoms with Crippen molar-refractivity contribution in [3.05, 3.63) is 21.7 Å². The fourth-order valence-corrected chi connectivity index (χ4v) is 2.16. The maximum absolute atomic E-state index is 5.24. The van der Waals surface area contributed by atoms with Crippen molar-refractivity contribution in [3.8, 4) is 0 Å². The number of methoxy groups -OCH3 is 1. The van der Waals surface area contributed by atoms with Gasteiger partial charge in [-0.2, -0.15) is 0 Å². The molecule has 0 bridgehead atoms. The van der Waals surface area contributed by atoms with Crippen molar-refractivity contribution in [1.82, 2.24) is 9.97 Å². The number of nitrogens with one attached hydrogen (secondary N) is 1. The molecule has 1 aromatic rings. The van der Waals surface area contributed by atoms with E-state index in [9.17, 15) is 0 Å². The number of aromatic amines is 1. The molecule has 0 unspecified atom stereocenters. The number of hydrogen-bond donors (Lipinski definition) is 1. The summed E-state index contributed by atoms with van der Waals surface area (Å²) >= 11 is 5.24. The van der Waals surface area contributed by atoms with E-state index in [1.165, 1.54) is 17.7 Å². The van der Waals surface area contributed by atoms with Crippen molar-refractivity contribution in [2.45, 2.75) is 25.7 Å². The monoisotopic (exact) mass is 210 g/mol. The molecule has 76 valence electrons. The maximum Gasteiger partial charge on any atom is 0.133 e. The van der Waals surface area contributed by atoms with Gasteiger partial charge in [0.15, 0.2) is 0 Å². The normalized spacial score (nSPS) is 14.4. The van der Waals surface area contributed by atoms with Gasteiger partial charge in [0.1, 0.15) is 10.5 Å². The Labute approximate surface area is 88.5 Å². The second-order valence-corrected chi connectivity index (χ2v) is 3.93. The summed E-state index contributed by atoms with van der Waals surface area (Å²) in [4.78, 5) is 7.70. The second kappa shape index (κ2) is 4.19. The zero-order valence-electron chi connectivity index (χ0n) is 8.30. The SMILES string of the molecule is COCCc1nc(=S)c2c([nH]1)CCC2. The van der Waals surface area contributed by atoms with Crippen LogP contribution in [0.1, 0.15) is 23.5 Å². The third kappa shape index (κ3) is 1.86. The third-order valence-electron chi connectivity index (χ3n) is 2.55. The van der Waals surface area contributed by atoms with Crippen LogP contribution in [0.25, 0.3) is 0 Å². The summed E-state index contributed by atoms with van der Waals surface area (Å²) in [5.74, 6) is 0.956. The van der Waals surface area contributed by atoms with Gasteiger partial charge in [-0.25, -0.2) is 4.98 Å². The fourth-order valence-electron chi connectivity index (χ4n) is 1.83. The molecule has 4 heteroatoms. The highest BCUT2D eigenvalue weighted by atomic mass is 32.1. The summed E-state index contributed by atoms with van der Waals surface area (Å²) in [6.45, 7) is 0.692. The van der Waals surface area contributed by atoms with Crippen molar-refractivity contribution < 1.29 is 4.74 Å². The Balaban J connectivity index is 2.28. The lowest BCUT2D eigenvalue weighted by Crippen LogP contribution is -2.04. The minimum Gasteiger partial charge on any atom is -0.384 e. The number of aromatic nitrogens is 2. The minimum atomic E-state index is 0.692. The summed E-state index contributed by atoms with van der Waals surface area (Å²) in [5.41, 5.74) is 2.54. The molecule has 0 amide bonds. The molecule has 0 saturated carbocycles. The van der Waals surface area contributed by atoms with Crippen molar-refractivity contribution in [2.24, 2.45) is 0 Å². The number of hydrogen-bond acceptors (Lipinski definition) is 3. The first-order valence-electron chi connectivity index (χ1n) is 4.91. The highest BCUT2D eigenvalue weighted by molar-refractivity contribution is 7.71. The Kier molecular flexibility index (Phi) is 2.93.